The zero-order valence-electron chi connectivity index (χ0n) is 11.1. The van der Waals surface area contributed by atoms with Crippen LogP contribution in [0.25, 0.3) is 0 Å². The average molecular weight is 287 g/mol. The molecule has 0 atom stereocenters. The molecule has 7 heteroatoms. The molecule has 1 saturated heterocycles. The van der Waals surface area contributed by atoms with Crippen LogP contribution in [0.4, 0.5) is 18.9 Å². The summed E-state index contributed by atoms with van der Waals surface area (Å²) in [4.78, 5) is 15.8. The van der Waals surface area contributed by atoms with Gasteiger partial charge >= 0.3 is 0 Å². The molecule has 1 amide bonds. The highest BCUT2D eigenvalue weighted by Crippen LogP contribution is 2.19. The predicted octanol–water partition coefficient (Wildman–Crippen LogP) is 1.29. The summed E-state index contributed by atoms with van der Waals surface area (Å²) in [6.45, 7) is 3.29. The number of amides is 1. The highest BCUT2D eigenvalue weighted by molar-refractivity contribution is 5.92. The molecule has 0 aliphatic carbocycles. The van der Waals surface area contributed by atoms with Gasteiger partial charge in [-0.05, 0) is 19.2 Å². The molecule has 0 spiro atoms. The molecular weight excluding hydrogens is 271 g/mol. The molecule has 0 unspecified atom stereocenters. The zero-order valence-corrected chi connectivity index (χ0v) is 11.1. The first-order valence-electron chi connectivity index (χ1n) is 6.31. The van der Waals surface area contributed by atoms with E-state index in [0.717, 1.165) is 38.3 Å². The van der Waals surface area contributed by atoms with Gasteiger partial charge in [0.1, 0.15) is 0 Å². The fourth-order valence-electron chi connectivity index (χ4n) is 2.02. The molecule has 1 heterocycles. The second-order valence-electron chi connectivity index (χ2n) is 4.85. The number of rotatable bonds is 3. The minimum atomic E-state index is -1.58. The number of nitrogens with one attached hydrogen (secondary N) is 1. The minimum absolute atomic E-state index is 0.103. The van der Waals surface area contributed by atoms with Crippen molar-refractivity contribution in [3.05, 3.63) is 29.6 Å². The molecule has 0 radical (unpaired) electrons. The van der Waals surface area contributed by atoms with Crippen LogP contribution in [0.2, 0.25) is 0 Å². The number of carbonyl (C=O) groups excluding carboxylic acids is 1. The van der Waals surface area contributed by atoms with Crippen LogP contribution < -0.4 is 5.32 Å². The summed E-state index contributed by atoms with van der Waals surface area (Å²) in [6, 6.07) is 1.79. The van der Waals surface area contributed by atoms with Crippen molar-refractivity contribution in [2.75, 3.05) is 45.1 Å². The normalized spacial score (nSPS) is 17.2. The first-order chi connectivity index (χ1) is 9.47. The first-order valence-corrected chi connectivity index (χ1v) is 6.31. The van der Waals surface area contributed by atoms with Gasteiger partial charge in [-0.25, -0.2) is 13.2 Å². The van der Waals surface area contributed by atoms with E-state index < -0.39 is 23.4 Å². The summed E-state index contributed by atoms with van der Waals surface area (Å²) in [5.74, 6) is -4.68. The Balaban J connectivity index is 1.93. The predicted molar refractivity (Wildman–Crippen MR) is 68.9 cm³/mol. The minimum Gasteiger partial charge on any atom is -0.322 e. The lowest BCUT2D eigenvalue weighted by Gasteiger charge is -2.31. The summed E-state index contributed by atoms with van der Waals surface area (Å²) in [5.41, 5.74) is -0.344. The maximum Gasteiger partial charge on any atom is 0.238 e. The smallest absolute Gasteiger partial charge is 0.238 e. The Hall–Kier alpha value is -1.60. The number of piperazine rings is 1. The summed E-state index contributed by atoms with van der Waals surface area (Å²) in [7, 11) is 1.99. The van der Waals surface area contributed by atoms with Crippen LogP contribution in [-0.2, 0) is 4.79 Å². The third-order valence-corrected chi connectivity index (χ3v) is 3.27. The maximum atomic E-state index is 13.4. The molecule has 20 heavy (non-hydrogen) atoms. The van der Waals surface area contributed by atoms with Crippen molar-refractivity contribution < 1.29 is 18.0 Å². The standard InChI is InChI=1S/C13H16F3N3O/c1-18-4-6-19(7-5-18)8-11(20)17-10-3-2-9(14)12(15)13(10)16/h2-3H,4-8H2,1H3,(H,17,20). The number of hydrogen-bond acceptors (Lipinski definition) is 3. The summed E-state index contributed by atoms with van der Waals surface area (Å²) < 4.78 is 39.2. The zero-order chi connectivity index (χ0) is 14.7. The van der Waals surface area contributed by atoms with Crippen LogP contribution in [0.5, 0.6) is 0 Å². The van der Waals surface area contributed by atoms with Crippen LogP contribution >= 0.6 is 0 Å². The van der Waals surface area contributed by atoms with Crippen LogP contribution in [0, 0.1) is 17.5 Å². The number of halogens is 3. The fraction of sp³-hybridized carbons (Fsp3) is 0.462. The van der Waals surface area contributed by atoms with Crippen LogP contribution in [-0.4, -0.2) is 55.5 Å². The van der Waals surface area contributed by atoms with E-state index in [9.17, 15) is 18.0 Å². The van der Waals surface area contributed by atoms with E-state index in [1.807, 2.05) is 11.9 Å². The Morgan fingerprint density at radius 2 is 1.80 bits per heavy atom. The third-order valence-electron chi connectivity index (χ3n) is 3.27. The van der Waals surface area contributed by atoms with E-state index in [-0.39, 0.29) is 12.2 Å². The van der Waals surface area contributed by atoms with Crippen molar-refractivity contribution in [1.82, 2.24) is 9.80 Å². The van der Waals surface area contributed by atoms with Crippen molar-refractivity contribution in [3.8, 4) is 0 Å². The quantitative estimate of drug-likeness (QED) is 0.851. The van der Waals surface area contributed by atoms with Gasteiger partial charge in [-0.15, -0.1) is 0 Å². The second kappa shape index (κ2) is 6.23. The van der Waals surface area contributed by atoms with Crippen molar-refractivity contribution in [2.45, 2.75) is 0 Å². The first kappa shape index (κ1) is 14.8. The number of anilines is 1. The molecule has 0 aromatic heterocycles. The highest BCUT2D eigenvalue weighted by Gasteiger charge is 2.19. The highest BCUT2D eigenvalue weighted by atomic mass is 19.2. The van der Waals surface area contributed by atoms with E-state index >= 15 is 0 Å². The van der Waals surface area contributed by atoms with Gasteiger partial charge in [0, 0.05) is 26.2 Å². The van der Waals surface area contributed by atoms with E-state index in [4.69, 9.17) is 0 Å². The van der Waals surface area contributed by atoms with Crippen molar-refractivity contribution in [1.29, 1.82) is 0 Å². The van der Waals surface area contributed by atoms with Crippen molar-refractivity contribution >= 4 is 11.6 Å². The SMILES string of the molecule is CN1CCN(CC(=O)Nc2ccc(F)c(F)c2F)CC1. The van der Waals surface area contributed by atoms with Crippen LogP contribution in [0.1, 0.15) is 0 Å². The number of hydrogen-bond donors (Lipinski definition) is 1. The van der Waals surface area contributed by atoms with E-state index in [0.29, 0.717) is 0 Å². The molecule has 1 aromatic carbocycles. The molecule has 0 saturated carbocycles. The molecular formula is C13H16F3N3O. The van der Waals surface area contributed by atoms with Gasteiger partial charge in [-0.2, -0.15) is 0 Å². The fourth-order valence-corrected chi connectivity index (χ4v) is 2.02. The van der Waals surface area contributed by atoms with Gasteiger partial charge in [-0.3, -0.25) is 9.69 Å². The molecule has 2 rings (SSSR count). The van der Waals surface area contributed by atoms with E-state index in [2.05, 4.69) is 10.2 Å². The van der Waals surface area contributed by atoms with E-state index in [1.165, 1.54) is 0 Å². The molecule has 1 aromatic rings. The van der Waals surface area contributed by atoms with Gasteiger partial charge in [0.25, 0.3) is 0 Å². The second-order valence-corrected chi connectivity index (χ2v) is 4.85. The summed E-state index contributed by atoms with van der Waals surface area (Å²) in [6.07, 6.45) is 0. The van der Waals surface area contributed by atoms with Crippen molar-refractivity contribution in [3.63, 3.8) is 0 Å². The number of nitrogens with zero attached hydrogens (tertiary/aromatic N) is 2. The number of carbonyl (C=O) groups is 1. The lowest BCUT2D eigenvalue weighted by atomic mass is 10.2. The Bertz CT molecular complexity index is 502. The molecule has 1 fully saturated rings. The Kier molecular flexibility index (Phi) is 4.61. The van der Waals surface area contributed by atoms with Gasteiger partial charge in [0.15, 0.2) is 17.5 Å². The monoisotopic (exact) mass is 287 g/mol. The third kappa shape index (κ3) is 3.49. The molecule has 110 valence electrons. The molecule has 4 nitrogen and oxygen atoms in total. The number of benzene rings is 1. The Labute approximate surface area is 115 Å². The molecule has 1 aliphatic rings. The summed E-state index contributed by atoms with van der Waals surface area (Å²) in [5, 5.41) is 2.26. The lowest BCUT2D eigenvalue weighted by Crippen LogP contribution is -2.47. The Morgan fingerprint density at radius 1 is 1.15 bits per heavy atom. The summed E-state index contributed by atoms with van der Waals surface area (Å²) >= 11 is 0. The molecule has 1 aliphatic heterocycles. The Morgan fingerprint density at radius 3 is 2.45 bits per heavy atom. The largest absolute Gasteiger partial charge is 0.322 e. The average Bonchev–Trinajstić information content (AvgIpc) is 2.42. The van der Waals surface area contributed by atoms with Gasteiger partial charge in [-0.1, -0.05) is 0 Å². The topological polar surface area (TPSA) is 35.6 Å². The molecule has 0 bridgehead atoms. The number of likely N-dealkylation sites (N-methyl/N-ethyl adjacent to an activating group) is 1. The van der Waals surface area contributed by atoms with Crippen LogP contribution in [0.15, 0.2) is 12.1 Å². The lowest BCUT2D eigenvalue weighted by molar-refractivity contribution is -0.117. The maximum absolute atomic E-state index is 13.4. The van der Waals surface area contributed by atoms with Gasteiger partial charge < -0.3 is 10.2 Å². The van der Waals surface area contributed by atoms with E-state index in [1.54, 1.807) is 0 Å². The van der Waals surface area contributed by atoms with Crippen LogP contribution in [0.3, 0.4) is 0 Å². The molecule has 1 N–H and O–H groups in total. The van der Waals surface area contributed by atoms with Gasteiger partial charge in [0.05, 0.1) is 12.2 Å². The van der Waals surface area contributed by atoms with Gasteiger partial charge in [0.2, 0.25) is 5.91 Å². The van der Waals surface area contributed by atoms with Crippen molar-refractivity contribution in [2.24, 2.45) is 0 Å².